The van der Waals surface area contributed by atoms with Crippen LogP contribution in [0.2, 0.25) is 0 Å². The van der Waals surface area contributed by atoms with Gasteiger partial charge in [0.25, 0.3) is 0 Å². The molecule has 3 atom stereocenters. The Hall–Kier alpha value is -0.0800. The molecule has 0 aromatic rings. The molecule has 0 aromatic heterocycles. The van der Waals surface area contributed by atoms with E-state index in [4.69, 9.17) is 5.73 Å². The summed E-state index contributed by atoms with van der Waals surface area (Å²) in [6.07, 6.45) is 5.19. The number of nitrogens with two attached hydrogens (primary N) is 1. The van der Waals surface area contributed by atoms with Crippen molar-refractivity contribution in [3.8, 4) is 0 Å². The Bertz CT molecular complexity index is 227. The van der Waals surface area contributed by atoms with E-state index < -0.39 is 0 Å². The summed E-state index contributed by atoms with van der Waals surface area (Å²) < 4.78 is 0. The van der Waals surface area contributed by atoms with E-state index in [9.17, 15) is 0 Å². The van der Waals surface area contributed by atoms with Gasteiger partial charge in [0.05, 0.1) is 0 Å². The Kier molecular flexibility index (Phi) is 5.46. The predicted octanol–water partition coefficient (Wildman–Crippen LogP) is 3.26. The Morgan fingerprint density at radius 2 is 2.00 bits per heavy atom. The highest BCUT2D eigenvalue weighted by molar-refractivity contribution is 5.00. The first-order valence-electron chi connectivity index (χ1n) is 7.44. The lowest BCUT2D eigenvalue weighted by Crippen LogP contribution is -2.62. The summed E-state index contributed by atoms with van der Waals surface area (Å²) in [7, 11) is 0. The minimum absolute atomic E-state index is 0.261. The average Bonchev–Trinajstić information content (AvgIpc) is 2.27. The number of nitrogens with zero attached hydrogens (tertiary/aromatic N) is 1. The van der Waals surface area contributed by atoms with E-state index in [2.05, 4.69) is 39.5 Å². The maximum absolute atomic E-state index is 6.20. The average molecular weight is 240 g/mol. The highest BCUT2D eigenvalue weighted by Crippen LogP contribution is 2.41. The van der Waals surface area contributed by atoms with E-state index in [1.54, 1.807) is 0 Å². The standard InChI is InChI=1S/C15H32N2/c1-6-9-17(12(2)3)15(11-16)8-7-13(4)10-14(15)5/h12-14H,6-11,16H2,1-5H3. The topological polar surface area (TPSA) is 29.3 Å². The monoisotopic (exact) mass is 240 g/mol. The second-order valence-electron chi connectivity index (χ2n) is 6.38. The molecule has 102 valence electrons. The van der Waals surface area contributed by atoms with E-state index in [0.717, 1.165) is 18.4 Å². The van der Waals surface area contributed by atoms with Gasteiger partial charge in [-0.1, -0.05) is 20.8 Å². The smallest absolute Gasteiger partial charge is 0.0360 e. The summed E-state index contributed by atoms with van der Waals surface area (Å²) >= 11 is 0. The third kappa shape index (κ3) is 3.03. The fourth-order valence-corrected chi connectivity index (χ4v) is 3.77. The van der Waals surface area contributed by atoms with Crippen molar-refractivity contribution in [3.63, 3.8) is 0 Å². The van der Waals surface area contributed by atoms with Gasteiger partial charge in [0, 0.05) is 18.1 Å². The van der Waals surface area contributed by atoms with E-state index in [1.165, 1.54) is 32.2 Å². The Morgan fingerprint density at radius 1 is 1.35 bits per heavy atom. The molecular weight excluding hydrogens is 208 g/mol. The van der Waals surface area contributed by atoms with Crippen molar-refractivity contribution in [1.29, 1.82) is 0 Å². The van der Waals surface area contributed by atoms with Crippen LogP contribution in [0.3, 0.4) is 0 Å². The van der Waals surface area contributed by atoms with Gasteiger partial charge in [-0.25, -0.2) is 0 Å². The van der Waals surface area contributed by atoms with Gasteiger partial charge in [-0.2, -0.15) is 0 Å². The summed E-state index contributed by atoms with van der Waals surface area (Å²) in [4.78, 5) is 2.68. The zero-order valence-electron chi connectivity index (χ0n) is 12.5. The van der Waals surface area contributed by atoms with Gasteiger partial charge in [0.1, 0.15) is 0 Å². The Labute approximate surface area is 108 Å². The maximum atomic E-state index is 6.20. The number of hydrogen-bond donors (Lipinski definition) is 1. The lowest BCUT2D eigenvalue weighted by Gasteiger charge is -2.53. The molecule has 2 nitrogen and oxygen atoms in total. The van der Waals surface area contributed by atoms with Crippen LogP contribution in [0.15, 0.2) is 0 Å². The van der Waals surface area contributed by atoms with Crippen molar-refractivity contribution in [2.24, 2.45) is 17.6 Å². The van der Waals surface area contributed by atoms with Crippen LogP contribution in [0.5, 0.6) is 0 Å². The van der Waals surface area contributed by atoms with Gasteiger partial charge >= 0.3 is 0 Å². The molecule has 0 amide bonds. The van der Waals surface area contributed by atoms with E-state index in [-0.39, 0.29) is 5.54 Å². The lowest BCUT2D eigenvalue weighted by atomic mass is 9.68. The van der Waals surface area contributed by atoms with E-state index in [0.29, 0.717) is 6.04 Å². The third-order valence-electron chi connectivity index (χ3n) is 4.76. The molecule has 17 heavy (non-hydrogen) atoms. The highest BCUT2D eigenvalue weighted by atomic mass is 15.2. The molecular formula is C15H32N2. The van der Waals surface area contributed by atoms with Gasteiger partial charge in [-0.15, -0.1) is 0 Å². The molecule has 1 rings (SSSR count). The first-order chi connectivity index (χ1) is 7.97. The molecule has 1 aliphatic carbocycles. The van der Waals surface area contributed by atoms with Crippen molar-refractivity contribution < 1.29 is 0 Å². The molecule has 2 heteroatoms. The summed E-state index contributed by atoms with van der Waals surface area (Å²) in [6.45, 7) is 13.7. The van der Waals surface area contributed by atoms with E-state index >= 15 is 0 Å². The lowest BCUT2D eigenvalue weighted by molar-refractivity contribution is -0.0205. The summed E-state index contributed by atoms with van der Waals surface area (Å²) in [5, 5.41) is 0. The summed E-state index contributed by atoms with van der Waals surface area (Å²) in [5.74, 6) is 1.60. The largest absolute Gasteiger partial charge is 0.329 e. The normalized spacial score (nSPS) is 34.6. The number of rotatable bonds is 5. The van der Waals surface area contributed by atoms with Crippen LogP contribution in [0.1, 0.15) is 60.3 Å². The minimum Gasteiger partial charge on any atom is -0.329 e. The van der Waals surface area contributed by atoms with Crippen LogP contribution in [-0.4, -0.2) is 29.6 Å². The van der Waals surface area contributed by atoms with Crippen molar-refractivity contribution in [1.82, 2.24) is 4.90 Å². The zero-order valence-corrected chi connectivity index (χ0v) is 12.5. The highest BCUT2D eigenvalue weighted by Gasteiger charge is 2.44. The fraction of sp³-hybridized carbons (Fsp3) is 1.00. The molecule has 1 aliphatic rings. The first kappa shape index (κ1) is 15.0. The minimum atomic E-state index is 0.261. The Morgan fingerprint density at radius 3 is 2.41 bits per heavy atom. The molecule has 0 saturated heterocycles. The zero-order chi connectivity index (χ0) is 13.1. The first-order valence-corrected chi connectivity index (χ1v) is 7.44. The summed E-state index contributed by atoms with van der Waals surface area (Å²) in [6, 6.07) is 0.606. The van der Waals surface area contributed by atoms with E-state index in [1.807, 2.05) is 0 Å². The van der Waals surface area contributed by atoms with Gasteiger partial charge < -0.3 is 5.73 Å². The van der Waals surface area contributed by atoms with Crippen LogP contribution in [0.4, 0.5) is 0 Å². The molecule has 0 bridgehead atoms. The maximum Gasteiger partial charge on any atom is 0.0360 e. The SMILES string of the molecule is CCCN(C(C)C)C1(CN)CCC(C)CC1C. The van der Waals surface area contributed by atoms with Crippen LogP contribution in [0, 0.1) is 11.8 Å². The molecule has 0 heterocycles. The molecule has 0 aliphatic heterocycles. The molecule has 0 aromatic carbocycles. The van der Waals surface area contributed by atoms with Crippen molar-refractivity contribution in [3.05, 3.63) is 0 Å². The molecule has 3 unspecified atom stereocenters. The molecule has 0 spiro atoms. The van der Waals surface area contributed by atoms with Crippen LogP contribution in [0.25, 0.3) is 0 Å². The van der Waals surface area contributed by atoms with Crippen molar-refractivity contribution in [2.45, 2.75) is 71.9 Å². The van der Waals surface area contributed by atoms with Gasteiger partial charge in [-0.05, 0) is 57.9 Å². The molecule has 2 N–H and O–H groups in total. The van der Waals surface area contributed by atoms with Crippen molar-refractivity contribution >= 4 is 0 Å². The van der Waals surface area contributed by atoms with Gasteiger partial charge in [0.2, 0.25) is 0 Å². The van der Waals surface area contributed by atoms with Crippen molar-refractivity contribution in [2.75, 3.05) is 13.1 Å². The van der Waals surface area contributed by atoms with Gasteiger partial charge in [0.15, 0.2) is 0 Å². The third-order valence-corrected chi connectivity index (χ3v) is 4.76. The van der Waals surface area contributed by atoms with Crippen LogP contribution >= 0.6 is 0 Å². The van der Waals surface area contributed by atoms with Crippen LogP contribution < -0.4 is 5.73 Å². The quantitative estimate of drug-likeness (QED) is 0.799. The molecule has 0 radical (unpaired) electrons. The number of hydrogen-bond acceptors (Lipinski definition) is 2. The fourth-order valence-electron chi connectivity index (χ4n) is 3.77. The molecule has 1 saturated carbocycles. The van der Waals surface area contributed by atoms with Gasteiger partial charge in [-0.3, -0.25) is 4.90 Å². The second kappa shape index (κ2) is 6.19. The van der Waals surface area contributed by atoms with Crippen LogP contribution in [-0.2, 0) is 0 Å². The molecule has 1 fully saturated rings. The Balaban J connectivity index is 2.91. The second-order valence-corrected chi connectivity index (χ2v) is 6.38. The summed E-state index contributed by atoms with van der Waals surface area (Å²) in [5.41, 5.74) is 6.46. The predicted molar refractivity (Wildman–Crippen MR) is 76.1 cm³/mol.